The van der Waals surface area contributed by atoms with E-state index in [2.05, 4.69) is 24.5 Å². The minimum atomic E-state index is -0.657. The molecule has 2 bridgehead atoms. The van der Waals surface area contributed by atoms with Gasteiger partial charge in [0.05, 0.1) is 29.2 Å². The lowest BCUT2D eigenvalue weighted by Crippen LogP contribution is -2.59. The van der Waals surface area contributed by atoms with E-state index < -0.39 is 28.7 Å². The fourth-order valence-electron chi connectivity index (χ4n) is 6.06. The summed E-state index contributed by atoms with van der Waals surface area (Å²) in [5.41, 5.74) is 0. The van der Waals surface area contributed by atoms with Gasteiger partial charge in [0.2, 0.25) is 17.7 Å². The number of aliphatic hydroxyl groups is 1. The first-order valence-electron chi connectivity index (χ1n) is 12.0. The number of amides is 3. The number of carbonyl (C=O) groups excluding carboxylic acids is 3. The normalized spacial score (nSPS) is 35.7. The second-order valence-electron chi connectivity index (χ2n) is 9.53. The maximum Gasteiger partial charge on any atom is 0.244 e. The predicted molar refractivity (Wildman–Crippen MR) is 122 cm³/mol. The lowest BCUT2D eigenvalue weighted by Gasteiger charge is -2.40. The van der Waals surface area contributed by atoms with Crippen molar-refractivity contribution in [3.05, 3.63) is 0 Å². The third-order valence-corrected chi connectivity index (χ3v) is 9.55. The van der Waals surface area contributed by atoms with Crippen LogP contribution in [0.5, 0.6) is 0 Å². The molecule has 31 heavy (non-hydrogen) atoms. The largest absolute Gasteiger partial charge is 0.394 e. The molecule has 176 valence electrons. The standard InChI is InChI=1S/C23H39N3O4S/c1-6-9-14(5)25-21(29)19-23-13(4)11-16(31-23)17(20(28)24-10-7-2)18(23)22(30)26(19)15(8-3)12-27/h13-19,27H,6-12H2,1-5H3,(H,24,28)(H,25,29)/t13?,14?,15-,16-,17+,18-,19?,23?/m0/s1. The molecule has 0 aromatic rings. The Morgan fingerprint density at radius 1 is 1.26 bits per heavy atom. The van der Waals surface area contributed by atoms with Gasteiger partial charge in [0, 0.05) is 17.8 Å². The van der Waals surface area contributed by atoms with E-state index >= 15 is 0 Å². The maximum absolute atomic E-state index is 13.8. The number of hydrogen-bond donors (Lipinski definition) is 3. The van der Waals surface area contributed by atoms with Crippen LogP contribution in [-0.4, -0.2) is 69.0 Å². The Balaban J connectivity index is 2.02. The van der Waals surface area contributed by atoms with Crippen molar-refractivity contribution in [1.29, 1.82) is 0 Å². The van der Waals surface area contributed by atoms with Crippen molar-refractivity contribution < 1.29 is 19.5 Å². The lowest BCUT2D eigenvalue weighted by molar-refractivity contribution is -0.143. The molecular formula is C23H39N3O4S. The van der Waals surface area contributed by atoms with Gasteiger partial charge in [-0.2, -0.15) is 0 Å². The van der Waals surface area contributed by atoms with Gasteiger partial charge in [-0.05, 0) is 38.5 Å². The SMILES string of the molecule is CCCNC(=O)[C@@H]1[C@@H]2CC(C)C3(S2)C(C(=O)NC(C)CCC)N([C@@H](CC)CO)C(=O)[C@H]13. The van der Waals surface area contributed by atoms with Crippen LogP contribution < -0.4 is 10.6 Å². The Hall–Kier alpha value is -1.28. The molecule has 4 unspecified atom stereocenters. The monoisotopic (exact) mass is 453 g/mol. The molecule has 8 heteroatoms. The molecule has 0 saturated carbocycles. The Bertz CT molecular complexity index is 700. The molecule has 3 rings (SSSR count). The maximum atomic E-state index is 13.8. The summed E-state index contributed by atoms with van der Waals surface area (Å²) in [4.78, 5) is 42.2. The van der Waals surface area contributed by atoms with Crippen LogP contribution in [0.1, 0.15) is 66.7 Å². The molecule has 1 spiro atoms. The van der Waals surface area contributed by atoms with E-state index in [1.54, 1.807) is 16.7 Å². The van der Waals surface area contributed by atoms with E-state index in [4.69, 9.17) is 0 Å². The summed E-state index contributed by atoms with van der Waals surface area (Å²) in [6.07, 6.45) is 4.06. The molecule has 0 aromatic carbocycles. The van der Waals surface area contributed by atoms with Gasteiger partial charge >= 0.3 is 0 Å². The van der Waals surface area contributed by atoms with Crippen molar-refractivity contribution in [3.8, 4) is 0 Å². The molecule has 3 saturated heterocycles. The van der Waals surface area contributed by atoms with Gasteiger partial charge in [-0.25, -0.2) is 0 Å². The summed E-state index contributed by atoms with van der Waals surface area (Å²) < 4.78 is -0.616. The van der Waals surface area contributed by atoms with Crippen molar-refractivity contribution in [2.45, 2.75) is 94.8 Å². The Kier molecular flexibility index (Phi) is 7.62. The Morgan fingerprint density at radius 3 is 2.55 bits per heavy atom. The minimum Gasteiger partial charge on any atom is -0.394 e. The van der Waals surface area contributed by atoms with Crippen molar-refractivity contribution in [1.82, 2.24) is 15.5 Å². The topological polar surface area (TPSA) is 98.7 Å². The van der Waals surface area contributed by atoms with E-state index in [1.807, 2.05) is 20.8 Å². The predicted octanol–water partition coefficient (Wildman–Crippen LogP) is 1.93. The number of likely N-dealkylation sites (tertiary alicyclic amines) is 1. The van der Waals surface area contributed by atoms with Gasteiger partial charge in [-0.15, -0.1) is 11.8 Å². The molecule has 0 aromatic heterocycles. The van der Waals surface area contributed by atoms with Crippen molar-refractivity contribution >= 4 is 29.5 Å². The first kappa shape index (κ1) is 24.4. The zero-order valence-corrected chi connectivity index (χ0v) is 20.3. The molecule has 3 heterocycles. The number of nitrogens with zero attached hydrogens (tertiary/aromatic N) is 1. The number of rotatable bonds is 10. The van der Waals surface area contributed by atoms with E-state index in [9.17, 15) is 19.5 Å². The van der Waals surface area contributed by atoms with Crippen LogP contribution in [0.3, 0.4) is 0 Å². The van der Waals surface area contributed by atoms with Crippen molar-refractivity contribution in [2.75, 3.05) is 13.2 Å². The van der Waals surface area contributed by atoms with Crippen LogP contribution in [0.4, 0.5) is 0 Å². The molecular weight excluding hydrogens is 414 g/mol. The zero-order chi connectivity index (χ0) is 22.9. The van der Waals surface area contributed by atoms with Crippen molar-refractivity contribution in [3.63, 3.8) is 0 Å². The van der Waals surface area contributed by atoms with E-state index in [1.165, 1.54) is 0 Å². The second-order valence-corrected chi connectivity index (χ2v) is 11.1. The van der Waals surface area contributed by atoms with Crippen LogP contribution in [-0.2, 0) is 14.4 Å². The summed E-state index contributed by atoms with van der Waals surface area (Å²) in [5.74, 6) is -1.12. The second kappa shape index (κ2) is 9.69. The van der Waals surface area contributed by atoms with Crippen LogP contribution in [0.25, 0.3) is 0 Å². The summed E-state index contributed by atoms with van der Waals surface area (Å²) in [7, 11) is 0. The summed E-state index contributed by atoms with van der Waals surface area (Å²) in [6, 6.07) is -1.06. The average molecular weight is 454 g/mol. The lowest BCUT2D eigenvalue weighted by atomic mass is 9.66. The van der Waals surface area contributed by atoms with Gasteiger partial charge in [-0.1, -0.05) is 34.1 Å². The van der Waals surface area contributed by atoms with Crippen molar-refractivity contribution in [2.24, 2.45) is 17.8 Å². The number of thioether (sulfide) groups is 1. The molecule has 3 fully saturated rings. The first-order chi connectivity index (χ1) is 14.8. The fraction of sp³-hybridized carbons (Fsp3) is 0.870. The molecule has 7 nitrogen and oxygen atoms in total. The van der Waals surface area contributed by atoms with E-state index in [0.29, 0.717) is 13.0 Å². The molecule has 3 N–H and O–H groups in total. The van der Waals surface area contributed by atoms with Gasteiger partial charge in [-0.3, -0.25) is 14.4 Å². The average Bonchev–Trinajstić information content (AvgIpc) is 3.31. The summed E-state index contributed by atoms with van der Waals surface area (Å²) in [6.45, 7) is 10.5. The van der Waals surface area contributed by atoms with Crippen LogP contribution in [0.15, 0.2) is 0 Å². The molecule has 0 aliphatic carbocycles. The number of hydrogen-bond acceptors (Lipinski definition) is 5. The fourth-order valence-corrected chi connectivity index (χ4v) is 8.47. The first-order valence-corrected chi connectivity index (χ1v) is 12.8. The molecule has 0 radical (unpaired) electrons. The highest BCUT2D eigenvalue weighted by atomic mass is 32.2. The number of aliphatic hydroxyl groups excluding tert-OH is 1. The molecule has 3 aliphatic rings. The number of carbonyl (C=O) groups is 3. The molecule has 3 amide bonds. The van der Waals surface area contributed by atoms with Gasteiger partial charge < -0.3 is 20.6 Å². The highest BCUT2D eigenvalue weighted by molar-refractivity contribution is 8.02. The van der Waals surface area contributed by atoms with E-state index in [-0.39, 0.29) is 41.5 Å². The van der Waals surface area contributed by atoms with E-state index in [0.717, 1.165) is 25.7 Å². The Morgan fingerprint density at radius 2 is 1.97 bits per heavy atom. The van der Waals surface area contributed by atoms with Crippen LogP contribution in [0.2, 0.25) is 0 Å². The Labute approximate surface area is 190 Å². The van der Waals surface area contributed by atoms with Gasteiger partial charge in [0.25, 0.3) is 0 Å². The molecule has 3 aliphatic heterocycles. The smallest absolute Gasteiger partial charge is 0.244 e. The minimum absolute atomic E-state index is 0.0154. The highest BCUT2D eigenvalue weighted by Gasteiger charge is 2.76. The van der Waals surface area contributed by atoms with Gasteiger partial charge in [0.1, 0.15) is 6.04 Å². The quantitative estimate of drug-likeness (QED) is 0.469. The third kappa shape index (κ3) is 3.88. The van der Waals surface area contributed by atoms with Crippen LogP contribution in [0, 0.1) is 17.8 Å². The number of fused-ring (bicyclic) bond motifs is 1. The van der Waals surface area contributed by atoms with Gasteiger partial charge in [0.15, 0.2) is 0 Å². The summed E-state index contributed by atoms with van der Waals surface area (Å²) in [5, 5.41) is 16.2. The zero-order valence-electron chi connectivity index (χ0n) is 19.5. The van der Waals surface area contributed by atoms with Crippen LogP contribution >= 0.6 is 11.8 Å². The highest BCUT2D eigenvalue weighted by Crippen LogP contribution is 2.68. The summed E-state index contributed by atoms with van der Waals surface area (Å²) >= 11 is 1.68. The number of nitrogens with one attached hydrogen (secondary N) is 2. The molecule has 8 atom stereocenters. The third-order valence-electron chi connectivity index (χ3n) is 7.47.